The quantitative estimate of drug-likeness (QED) is 0.167. The molecule has 3 heterocycles. The molecular weight excluding hydrogens is 711 g/mol. The Balaban J connectivity index is 1.36. The topological polar surface area (TPSA) is 23.0 Å². The fourth-order valence-electron chi connectivity index (χ4n) is 8.98. The lowest BCUT2D eigenvalue weighted by Gasteiger charge is -2.19. The van der Waals surface area contributed by atoms with Crippen LogP contribution in [0.5, 0.6) is 0 Å². The van der Waals surface area contributed by atoms with Crippen molar-refractivity contribution in [1.82, 2.24) is 9.13 Å². The van der Waals surface area contributed by atoms with Gasteiger partial charge in [0.05, 0.1) is 5.69 Å². The Kier molecular flexibility index (Phi) is 8.76. The lowest BCUT2D eigenvalue weighted by atomic mass is 9.70. The molecule has 10 rings (SSSR count). The van der Waals surface area contributed by atoms with Gasteiger partial charge in [-0.1, -0.05) is 109 Å². The average molecular weight is 722 g/mol. The molecule has 3 aromatic heterocycles. The van der Waals surface area contributed by atoms with Crippen molar-refractivity contribution in [1.29, 1.82) is 0 Å². The number of hydrogen-bond acceptors (Lipinski definition) is 1. The molecule has 0 saturated carbocycles. The molecule has 30 radical (unpaired) electrons. The number of benzene rings is 7. The third kappa shape index (κ3) is 5.12. The molecule has 0 bridgehead atoms. The summed E-state index contributed by atoms with van der Waals surface area (Å²) in [4.78, 5) is 0. The van der Waals surface area contributed by atoms with Crippen molar-refractivity contribution in [3.63, 3.8) is 0 Å². The average Bonchev–Trinajstić information content (AvgIpc) is 3.91. The van der Waals surface area contributed by atoms with Crippen LogP contribution in [0.2, 0.25) is 0 Å². The lowest BCUT2D eigenvalue weighted by Crippen LogP contribution is -2.32. The highest BCUT2D eigenvalue weighted by Gasteiger charge is 2.27. The molecule has 0 N–H and O–H groups in total. The van der Waals surface area contributed by atoms with E-state index in [0.717, 1.165) is 5.69 Å². The van der Waals surface area contributed by atoms with Gasteiger partial charge in [-0.25, -0.2) is 0 Å². The SMILES string of the molecule is [B]c1cc([B])c2c(oc3c(-n4c5c([B])cc([B])c([B])c5c5c([B])c(-c6cc([B])c7c(c6[B])c6c([B])cc([B])c([B])c6n7-c6ccccc6)cc([B])c54)cc([B])c([B])c32)c1[B]. The minimum atomic E-state index is 0.167. The molecule has 0 aliphatic carbocycles. The number of para-hydroxylation sites is 1. The van der Waals surface area contributed by atoms with Crippen molar-refractivity contribution in [3.8, 4) is 22.5 Å². The maximum Gasteiger partial charge on any atom is 0.158 e. The van der Waals surface area contributed by atoms with E-state index in [9.17, 15) is 0 Å². The first kappa shape index (κ1) is 39.1. The van der Waals surface area contributed by atoms with E-state index in [1.54, 1.807) is 34.9 Å². The maximum absolute atomic E-state index is 7.29. The van der Waals surface area contributed by atoms with Crippen LogP contribution < -0.4 is 81.9 Å². The monoisotopic (exact) mass is 724 g/mol. The Labute approximate surface area is 366 Å². The molecule has 0 spiro atoms. The number of fused-ring (bicyclic) bond motifs is 9. The normalized spacial score (nSPS) is 12.0. The van der Waals surface area contributed by atoms with Gasteiger partial charge in [0.1, 0.15) is 123 Å². The van der Waals surface area contributed by atoms with Gasteiger partial charge in [-0.05, 0) is 40.1 Å². The standard InChI is InChI=1S/C42H11B15N2O/c43-15-8-18(46)35(56)40-25(15)27-31(52)13(6-21(49)37(27)58(40)12-4-2-1-3-5-12)14-7-22(50)38-28(32(14)53)29-33(54)17(45)10-23(51)39(29)59(38)24-11-20(48)34(55)30-26-16(44)9-19(47)36(57)42(26)60-41(24)30/h1-11H. The molecule has 0 fully saturated rings. The molecule has 0 atom stereocenters. The molecule has 0 amide bonds. The predicted molar refractivity (Wildman–Crippen MR) is 269 cm³/mol. The summed E-state index contributed by atoms with van der Waals surface area (Å²) in [7, 11) is 101. The summed E-state index contributed by atoms with van der Waals surface area (Å²) in [6, 6.07) is 19.2. The number of hydrogen-bond donors (Lipinski definition) is 0. The van der Waals surface area contributed by atoms with Crippen LogP contribution in [0.15, 0.2) is 71.1 Å². The van der Waals surface area contributed by atoms with Gasteiger partial charge in [-0.2, -0.15) is 0 Å². The molecule has 10 aromatic rings. The Morgan fingerprint density at radius 2 is 0.767 bits per heavy atom. The molecule has 0 aliphatic rings. The Bertz CT molecular complexity index is 3610. The summed E-state index contributed by atoms with van der Waals surface area (Å²) in [6.07, 6.45) is 0. The summed E-state index contributed by atoms with van der Waals surface area (Å²) in [6.45, 7) is 0. The predicted octanol–water partition coefficient (Wildman–Crippen LogP) is -6.65. The zero-order chi connectivity index (χ0) is 42.5. The van der Waals surface area contributed by atoms with Gasteiger partial charge in [0.2, 0.25) is 0 Å². The maximum atomic E-state index is 7.29. The zero-order valence-electron chi connectivity index (χ0n) is 31.8. The van der Waals surface area contributed by atoms with Gasteiger partial charge in [0.15, 0.2) is 5.58 Å². The van der Waals surface area contributed by atoms with E-state index in [-0.39, 0.29) is 65.8 Å². The fraction of sp³-hybridized carbons (Fsp3) is 0. The Morgan fingerprint density at radius 1 is 0.317 bits per heavy atom. The summed E-state index contributed by atoms with van der Waals surface area (Å²) in [5.41, 5.74) is 8.09. The molecule has 240 valence electrons. The first-order valence-corrected chi connectivity index (χ1v) is 18.5. The van der Waals surface area contributed by atoms with Crippen molar-refractivity contribution in [2.24, 2.45) is 0 Å². The molecule has 3 nitrogen and oxygen atoms in total. The first-order valence-electron chi connectivity index (χ1n) is 18.5. The molecule has 7 aromatic carbocycles. The van der Waals surface area contributed by atoms with E-state index in [4.69, 9.17) is 122 Å². The molecule has 0 saturated heterocycles. The summed E-state index contributed by atoms with van der Waals surface area (Å²) >= 11 is 0. The number of nitrogens with zero attached hydrogens (tertiary/aromatic N) is 2. The summed E-state index contributed by atoms with van der Waals surface area (Å²) < 4.78 is 10.1. The largest absolute Gasteiger partial charge is 0.455 e. The van der Waals surface area contributed by atoms with Crippen LogP contribution in [0.1, 0.15) is 0 Å². The van der Waals surface area contributed by atoms with Crippen molar-refractivity contribution >= 4 is 265 Å². The van der Waals surface area contributed by atoms with Crippen LogP contribution in [0.25, 0.3) is 88.1 Å². The Morgan fingerprint density at radius 3 is 1.38 bits per heavy atom. The van der Waals surface area contributed by atoms with Gasteiger partial charge in [0.25, 0.3) is 0 Å². The van der Waals surface area contributed by atoms with E-state index >= 15 is 0 Å². The van der Waals surface area contributed by atoms with Crippen molar-refractivity contribution in [3.05, 3.63) is 66.7 Å². The second kappa shape index (κ2) is 13.5. The minimum absolute atomic E-state index is 0.167. The van der Waals surface area contributed by atoms with Gasteiger partial charge in [-0.3, -0.25) is 0 Å². The van der Waals surface area contributed by atoms with Crippen molar-refractivity contribution in [2.75, 3.05) is 0 Å². The Hall–Kier alpha value is -5.09. The van der Waals surface area contributed by atoms with Gasteiger partial charge < -0.3 is 13.6 Å². The minimum Gasteiger partial charge on any atom is -0.455 e. The first-order chi connectivity index (χ1) is 28.5. The molecule has 18 heteroatoms. The smallest absolute Gasteiger partial charge is 0.158 e. The van der Waals surface area contributed by atoms with Crippen LogP contribution in [0.3, 0.4) is 0 Å². The van der Waals surface area contributed by atoms with Crippen LogP contribution in [-0.2, 0) is 0 Å². The third-order valence-corrected chi connectivity index (χ3v) is 11.7. The zero-order valence-corrected chi connectivity index (χ0v) is 31.8. The van der Waals surface area contributed by atoms with Gasteiger partial charge in [0, 0.05) is 49.3 Å². The lowest BCUT2D eigenvalue weighted by molar-refractivity contribution is 0.669. The molecule has 60 heavy (non-hydrogen) atoms. The third-order valence-electron chi connectivity index (χ3n) is 11.7. The van der Waals surface area contributed by atoms with E-state index in [2.05, 4.69) is 0 Å². The number of aromatic nitrogens is 2. The second-order valence-corrected chi connectivity index (χ2v) is 15.1. The van der Waals surface area contributed by atoms with E-state index in [1.807, 2.05) is 34.9 Å². The summed E-state index contributed by atoms with van der Waals surface area (Å²) in [5, 5.41) is 2.72. The highest BCUT2D eigenvalue weighted by Crippen LogP contribution is 2.36. The highest BCUT2D eigenvalue weighted by atomic mass is 16.3. The van der Waals surface area contributed by atoms with Crippen LogP contribution in [-0.4, -0.2) is 127 Å². The number of furan rings is 1. The van der Waals surface area contributed by atoms with Crippen molar-refractivity contribution in [2.45, 2.75) is 0 Å². The summed E-state index contributed by atoms with van der Waals surface area (Å²) in [5.74, 6) is 0. The number of rotatable bonds is 3. The van der Waals surface area contributed by atoms with Crippen LogP contribution in [0.4, 0.5) is 0 Å². The van der Waals surface area contributed by atoms with E-state index in [1.165, 1.54) is 6.07 Å². The van der Waals surface area contributed by atoms with E-state index in [0.29, 0.717) is 98.5 Å². The van der Waals surface area contributed by atoms with Crippen LogP contribution in [0, 0.1) is 0 Å². The van der Waals surface area contributed by atoms with Crippen molar-refractivity contribution < 1.29 is 4.42 Å². The highest BCUT2D eigenvalue weighted by molar-refractivity contribution is 6.64. The van der Waals surface area contributed by atoms with E-state index < -0.39 is 0 Å². The van der Waals surface area contributed by atoms with Crippen LogP contribution >= 0.6 is 0 Å². The molecule has 0 unspecified atom stereocenters. The van der Waals surface area contributed by atoms with Gasteiger partial charge in [-0.15, -0.1) is 21.9 Å². The molecular formula is C42H11B15N2O. The molecule has 0 aliphatic heterocycles. The fourth-order valence-corrected chi connectivity index (χ4v) is 8.98. The second-order valence-electron chi connectivity index (χ2n) is 15.1. The van der Waals surface area contributed by atoms with Gasteiger partial charge >= 0.3 is 0 Å².